The number of aromatic amines is 1. The number of hydrogen-bond acceptors (Lipinski definition) is 1. The van der Waals surface area contributed by atoms with Gasteiger partial charge in [0.15, 0.2) is 0 Å². The molecule has 102 valence electrons. The number of benzene rings is 1. The highest BCUT2D eigenvalue weighted by molar-refractivity contribution is 7.85. The molecule has 3 nitrogen and oxygen atoms in total. The summed E-state index contributed by atoms with van der Waals surface area (Å²) in [6.07, 6.45) is 1.35. The number of hydrogen-bond donors (Lipinski definition) is 1. The first-order valence-electron chi connectivity index (χ1n) is 6.03. The molecule has 0 spiro atoms. The van der Waals surface area contributed by atoms with Crippen LogP contribution in [0.1, 0.15) is 32.0 Å². The van der Waals surface area contributed by atoms with Gasteiger partial charge in [-0.05, 0) is 45.9 Å². The maximum atomic E-state index is 14.2. The quantitative estimate of drug-likeness (QED) is 0.841. The van der Waals surface area contributed by atoms with Gasteiger partial charge in [-0.3, -0.25) is 0 Å². The Kier molecular flexibility index (Phi) is 3.58. The number of aryl methyl sites for hydroxylation is 1. The Morgan fingerprint density at radius 3 is 2.68 bits per heavy atom. The van der Waals surface area contributed by atoms with Gasteiger partial charge in [0.25, 0.3) is 0 Å². The van der Waals surface area contributed by atoms with E-state index in [0.717, 1.165) is 11.2 Å². The second-order valence-corrected chi connectivity index (χ2v) is 7.41. The second-order valence-electron chi connectivity index (χ2n) is 5.48. The maximum Gasteiger partial charge on any atom is 0.144 e. The first-order chi connectivity index (χ1) is 8.79. The van der Waals surface area contributed by atoms with Crippen LogP contribution in [0.25, 0.3) is 10.9 Å². The van der Waals surface area contributed by atoms with Crippen LogP contribution in [-0.4, -0.2) is 20.2 Å². The topological polar surface area (TPSA) is 45.2 Å². The van der Waals surface area contributed by atoms with Gasteiger partial charge >= 0.3 is 0 Å². The SMILES string of the molecule is Cc1cc2c(F)c(C=NS(=O)C(C)(C)C)ccc2[nH]1. The van der Waals surface area contributed by atoms with Crippen molar-refractivity contribution in [2.24, 2.45) is 4.40 Å². The zero-order valence-electron chi connectivity index (χ0n) is 11.5. The molecule has 0 bridgehead atoms. The fraction of sp³-hybridized carbons (Fsp3) is 0.357. The zero-order chi connectivity index (χ0) is 14.2. The molecule has 0 aliphatic carbocycles. The minimum absolute atomic E-state index is 0.337. The van der Waals surface area contributed by atoms with Gasteiger partial charge in [0.2, 0.25) is 0 Å². The van der Waals surface area contributed by atoms with Gasteiger partial charge in [-0.2, -0.15) is 4.40 Å². The standard InChI is InChI=1S/C14H17FN2OS/c1-9-7-11-12(17-9)6-5-10(13(11)15)8-16-19(18)14(2,3)4/h5-8,17H,1-4H3. The zero-order valence-corrected chi connectivity index (χ0v) is 12.3. The summed E-state index contributed by atoms with van der Waals surface area (Å²) in [6.45, 7) is 7.36. The minimum Gasteiger partial charge on any atom is -0.359 e. The molecule has 0 saturated heterocycles. The van der Waals surface area contributed by atoms with Gasteiger partial charge in [-0.25, -0.2) is 8.60 Å². The van der Waals surface area contributed by atoms with Crippen LogP contribution in [0.15, 0.2) is 22.6 Å². The molecule has 1 aromatic carbocycles. The molecule has 1 atom stereocenters. The van der Waals surface area contributed by atoms with Crippen molar-refractivity contribution in [2.45, 2.75) is 32.4 Å². The largest absolute Gasteiger partial charge is 0.359 e. The van der Waals surface area contributed by atoms with Gasteiger partial charge in [-0.1, -0.05) is 0 Å². The van der Waals surface area contributed by atoms with E-state index < -0.39 is 15.7 Å². The predicted octanol–water partition coefficient (Wildman–Crippen LogP) is 3.50. The number of fused-ring (bicyclic) bond motifs is 1. The Bertz CT molecular complexity index is 668. The molecule has 0 aliphatic heterocycles. The van der Waals surface area contributed by atoms with Crippen LogP contribution in [0.3, 0.4) is 0 Å². The molecule has 1 unspecified atom stereocenters. The summed E-state index contributed by atoms with van der Waals surface area (Å²) < 4.78 is 29.5. The summed E-state index contributed by atoms with van der Waals surface area (Å²) in [5.74, 6) is -0.337. The minimum atomic E-state index is -1.38. The molecule has 0 amide bonds. The van der Waals surface area contributed by atoms with Crippen molar-refractivity contribution in [1.29, 1.82) is 0 Å². The highest BCUT2D eigenvalue weighted by atomic mass is 32.2. The third-order valence-corrected chi connectivity index (χ3v) is 4.06. The average Bonchev–Trinajstić information content (AvgIpc) is 2.68. The predicted molar refractivity (Wildman–Crippen MR) is 78.5 cm³/mol. The highest BCUT2D eigenvalue weighted by Crippen LogP contribution is 2.21. The molecule has 19 heavy (non-hydrogen) atoms. The number of nitrogens with one attached hydrogen (secondary N) is 1. The van der Waals surface area contributed by atoms with Crippen LogP contribution in [0.2, 0.25) is 0 Å². The lowest BCUT2D eigenvalue weighted by Gasteiger charge is -2.12. The Balaban J connectivity index is 2.39. The fourth-order valence-electron chi connectivity index (χ4n) is 1.69. The molecule has 1 aromatic heterocycles. The average molecular weight is 280 g/mol. The first-order valence-corrected chi connectivity index (χ1v) is 7.13. The van der Waals surface area contributed by atoms with E-state index in [2.05, 4.69) is 9.38 Å². The number of aromatic nitrogens is 1. The molecule has 0 fully saturated rings. The summed E-state index contributed by atoms with van der Waals surface area (Å²) in [5, 5.41) is 0.531. The van der Waals surface area contributed by atoms with E-state index in [4.69, 9.17) is 0 Å². The Hall–Kier alpha value is -1.49. The molecule has 1 heterocycles. The number of rotatable bonds is 2. The van der Waals surface area contributed by atoms with Crippen molar-refractivity contribution >= 4 is 28.1 Å². The molecule has 2 rings (SSSR count). The van der Waals surface area contributed by atoms with Gasteiger partial charge in [0.05, 0.1) is 4.75 Å². The van der Waals surface area contributed by atoms with E-state index in [0.29, 0.717) is 10.9 Å². The Morgan fingerprint density at radius 2 is 2.05 bits per heavy atom. The highest BCUT2D eigenvalue weighted by Gasteiger charge is 2.18. The summed E-state index contributed by atoms with van der Waals surface area (Å²) in [4.78, 5) is 3.07. The molecular weight excluding hydrogens is 263 g/mol. The van der Waals surface area contributed by atoms with Crippen molar-refractivity contribution in [3.8, 4) is 0 Å². The second kappa shape index (κ2) is 4.89. The van der Waals surface area contributed by atoms with Crippen LogP contribution >= 0.6 is 0 Å². The van der Waals surface area contributed by atoms with Crippen LogP contribution in [-0.2, 0) is 11.0 Å². The molecule has 2 aromatic rings. The van der Waals surface area contributed by atoms with Gasteiger partial charge in [0, 0.05) is 28.4 Å². The smallest absolute Gasteiger partial charge is 0.144 e. The van der Waals surface area contributed by atoms with Crippen molar-refractivity contribution in [3.05, 3.63) is 35.3 Å². The van der Waals surface area contributed by atoms with E-state index in [1.165, 1.54) is 6.21 Å². The van der Waals surface area contributed by atoms with Crippen molar-refractivity contribution in [1.82, 2.24) is 4.98 Å². The lowest BCUT2D eigenvalue weighted by atomic mass is 10.1. The summed E-state index contributed by atoms with van der Waals surface area (Å²) in [5.41, 5.74) is 2.01. The van der Waals surface area contributed by atoms with Gasteiger partial charge in [-0.15, -0.1) is 0 Å². The lowest BCUT2D eigenvalue weighted by Crippen LogP contribution is -2.19. The Labute approximate surface area is 114 Å². The molecule has 0 radical (unpaired) electrons. The normalized spacial score (nSPS) is 14.4. The first kappa shape index (κ1) is 13.9. The van der Waals surface area contributed by atoms with Crippen LogP contribution < -0.4 is 0 Å². The van der Waals surface area contributed by atoms with Crippen LogP contribution in [0, 0.1) is 12.7 Å². The monoisotopic (exact) mass is 280 g/mol. The van der Waals surface area contributed by atoms with Crippen molar-refractivity contribution in [3.63, 3.8) is 0 Å². The van der Waals surface area contributed by atoms with E-state index in [1.807, 2.05) is 27.7 Å². The molecular formula is C14H17FN2OS. The van der Waals surface area contributed by atoms with Gasteiger partial charge < -0.3 is 4.98 Å². The van der Waals surface area contributed by atoms with Crippen molar-refractivity contribution < 1.29 is 8.60 Å². The van der Waals surface area contributed by atoms with Crippen LogP contribution in [0.4, 0.5) is 4.39 Å². The molecule has 0 saturated carbocycles. The summed E-state index contributed by atoms with van der Waals surface area (Å²) in [7, 11) is -1.38. The van der Waals surface area contributed by atoms with Gasteiger partial charge in [0.1, 0.15) is 16.8 Å². The number of halogens is 1. The van der Waals surface area contributed by atoms with E-state index >= 15 is 0 Å². The number of nitrogens with zero attached hydrogens (tertiary/aromatic N) is 1. The van der Waals surface area contributed by atoms with Crippen molar-refractivity contribution in [2.75, 3.05) is 0 Å². The number of H-pyrrole nitrogens is 1. The van der Waals surface area contributed by atoms with Crippen LogP contribution in [0.5, 0.6) is 0 Å². The van der Waals surface area contributed by atoms with E-state index in [9.17, 15) is 8.60 Å². The van der Waals surface area contributed by atoms with E-state index in [-0.39, 0.29) is 5.82 Å². The third kappa shape index (κ3) is 2.92. The van der Waals surface area contributed by atoms with E-state index in [1.54, 1.807) is 18.2 Å². The molecule has 1 N–H and O–H groups in total. The molecule has 0 aliphatic rings. The lowest BCUT2D eigenvalue weighted by molar-refractivity contribution is 0.638. The summed E-state index contributed by atoms with van der Waals surface area (Å²) >= 11 is 0. The Morgan fingerprint density at radius 1 is 1.37 bits per heavy atom. The third-order valence-electron chi connectivity index (χ3n) is 2.71. The molecule has 5 heteroatoms. The fourth-order valence-corrected chi connectivity index (χ4v) is 2.21. The summed E-state index contributed by atoms with van der Waals surface area (Å²) in [6, 6.07) is 5.19. The maximum absolute atomic E-state index is 14.2.